The van der Waals surface area contributed by atoms with Crippen molar-refractivity contribution in [3.8, 4) is 0 Å². The number of carboxylic acids is 1. The van der Waals surface area contributed by atoms with Crippen molar-refractivity contribution in [1.29, 1.82) is 0 Å². The highest BCUT2D eigenvalue weighted by molar-refractivity contribution is 5.80. The fraction of sp³-hybridized carbons (Fsp3) is 0.111. The lowest BCUT2D eigenvalue weighted by Gasteiger charge is -2.08. The van der Waals surface area contributed by atoms with E-state index in [9.17, 15) is 24.1 Å². The first-order valence-corrected chi connectivity index (χ1v) is 4.22. The third-order valence-electron chi connectivity index (χ3n) is 1.97. The smallest absolute Gasteiger partial charge is 0.337 e. The average molecular weight is 243 g/mol. The topological polar surface area (TPSA) is 118 Å². The van der Waals surface area contributed by atoms with Crippen LogP contribution < -0.4 is 0 Å². The lowest BCUT2D eigenvalue weighted by Crippen LogP contribution is -2.14. The minimum atomic E-state index is -2.36. The molecule has 0 bridgehead atoms. The molecule has 17 heavy (non-hydrogen) atoms. The number of benzene rings is 1. The van der Waals surface area contributed by atoms with E-state index >= 15 is 0 Å². The number of nitro benzene ring substituents is 1. The van der Waals surface area contributed by atoms with Gasteiger partial charge in [-0.25, -0.2) is 9.18 Å². The number of aliphatic hydroxyl groups excluding tert-OH is 1. The molecular formula is C9H6FNO6. The fourth-order valence-electron chi connectivity index (χ4n) is 1.24. The van der Waals surface area contributed by atoms with Gasteiger partial charge in [0.25, 0.3) is 5.69 Å². The van der Waals surface area contributed by atoms with E-state index in [-0.39, 0.29) is 11.8 Å². The monoisotopic (exact) mass is 243 g/mol. The van der Waals surface area contributed by atoms with E-state index in [4.69, 9.17) is 10.2 Å². The number of hydrogen-bond donors (Lipinski definition) is 2. The van der Waals surface area contributed by atoms with Gasteiger partial charge in [-0.1, -0.05) is 0 Å². The largest absolute Gasteiger partial charge is 0.479 e. The van der Waals surface area contributed by atoms with Gasteiger partial charge in [-0.2, -0.15) is 0 Å². The molecule has 0 heterocycles. The molecule has 1 atom stereocenters. The number of nitrogens with zero attached hydrogens (tertiary/aromatic N) is 1. The van der Waals surface area contributed by atoms with Gasteiger partial charge in [-0.05, 0) is 6.07 Å². The lowest BCUT2D eigenvalue weighted by molar-refractivity contribution is -0.386. The highest BCUT2D eigenvalue weighted by Crippen LogP contribution is 2.29. The van der Waals surface area contributed by atoms with Gasteiger partial charge in [0, 0.05) is 11.6 Å². The van der Waals surface area contributed by atoms with Crippen LogP contribution in [0, 0.1) is 15.9 Å². The van der Waals surface area contributed by atoms with Crippen LogP contribution in [0.5, 0.6) is 0 Å². The summed E-state index contributed by atoms with van der Waals surface area (Å²) >= 11 is 0. The standard InChI is InChI=1S/C9H6FNO6/c10-5-1-4(3-12)2-6(11(16)17)7(5)8(13)9(14)15/h1-3,8,13H,(H,14,15). The van der Waals surface area contributed by atoms with Gasteiger partial charge in [0.2, 0.25) is 0 Å². The molecule has 0 aromatic heterocycles. The van der Waals surface area contributed by atoms with Crippen LogP contribution in [-0.2, 0) is 4.79 Å². The zero-order chi connectivity index (χ0) is 13.2. The maximum absolute atomic E-state index is 13.4. The number of rotatable bonds is 4. The number of halogens is 1. The number of aliphatic carboxylic acids is 1. The van der Waals surface area contributed by atoms with Gasteiger partial charge in [0.1, 0.15) is 17.7 Å². The minimum absolute atomic E-state index is 0.174. The predicted molar refractivity (Wildman–Crippen MR) is 51.0 cm³/mol. The molecule has 0 amide bonds. The highest BCUT2D eigenvalue weighted by atomic mass is 19.1. The minimum Gasteiger partial charge on any atom is -0.479 e. The van der Waals surface area contributed by atoms with Crippen LogP contribution in [-0.4, -0.2) is 27.4 Å². The highest BCUT2D eigenvalue weighted by Gasteiger charge is 2.30. The Morgan fingerprint density at radius 3 is 2.53 bits per heavy atom. The number of carbonyl (C=O) groups excluding carboxylic acids is 1. The molecule has 0 spiro atoms. The van der Waals surface area contributed by atoms with Crippen molar-refractivity contribution in [1.82, 2.24) is 0 Å². The van der Waals surface area contributed by atoms with Crippen LogP contribution in [0.2, 0.25) is 0 Å². The molecule has 1 rings (SSSR count). The summed E-state index contributed by atoms with van der Waals surface area (Å²) in [6, 6.07) is 1.30. The quantitative estimate of drug-likeness (QED) is 0.455. The van der Waals surface area contributed by atoms with E-state index in [2.05, 4.69) is 0 Å². The van der Waals surface area contributed by atoms with Gasteiger partial charge in [0.05, 0.1) is 4.92 Å². The Bertz CT molecular complexity index is 501. The van der Waals surface area contributed by atoms with Crippen molar-refractivity contribution < 1.29 is 29.1 Å². The molecule has 90 valence electrons. The second-order valence-electron chi connectivity index (χ2n) is 3.05. The molecule has 2 N–H and O–H groups in total. The Hall–Kier alpha value is -2.35. The second-order valence-corrected chi connectivity index (χ2v) is 3.05. The number of carboxylic acid groups (broad SMARTS) is 1. The van der Waals surface area contributed by atoms with Crippen molar-refractivity contribution in [2.75, 3.05) is 0 Å². The molecule has 8 heteroatoms. The van der Waals surface area contributed by atoms with Crippen molar-refractivity contribution >= 4 is 17.9 Å². The molecule has 0 saturated heterocycles. The van der Waals surface area contributed by atoms with E-state index in [1.807, 2.05) is 0 Å². The van der Waals surface area contributed by atoms with Gasteiger partial charge in [0.15, 0.2) is 6.10 Å². The number of aldehydes is 1. The maximum Gasteiger partial charge on any atom is 0.337 e. The average Bonchev–Trinajstić information content (AvgIpc) is 2.26. The third-order valence-corrected chi connectivity index (χ3v) is 1.97. The second kappa shape index (κ2) is 4.66. The number of carbonyl (C=O) groups is 2. The third kappa shape index (κ3) is 2.42. The van der Waals surface area contributed by atoms with Crippen molar-refractivity contribution in [3.05, 3.63) is 39.2 Å². The Morgan fingerprint density at radius 2 is 2.12 bits per heavy atom. The molecule has 0 aliphatic rings. The summed E-state index contributed by atoms with van der Waals surface area (Å²) in [6.07, 6.45) is -2.19. The van der Waals surface area contributed by atoms with Crippen LogP contribution in [0.1, 0.15) is 22.0 Å². The van der Waals surface area contributed by atoms with E-state index in [0.29, 0.717) is 12.1 Å². The van der Waals surface area contributed by atoms with Gasteiger partial charge >= 0.3 is 5.97 Å². The molecule has 0 saturated carbocycles. The summed E-state index contributed by atoms with van der Waals surface area (Å²) in [5.41, 5.74) is -2.26. The molecule has 0 aliphatic heterocycles. The SMILES string of the molecule is O=Cc1cc(F)c(C(O)C(=O)O)c([N+](=O)[O-])c1. The molecule has 1 unspecified atom stereocenters. The first kappa shape index (κ1) is 12.7. The van der Waals surface area contributed by atoms with Crippen LogP contribution in [0.25, 0.3) is 0 Å². The maximum atomic E-state index is 13.4. The number of aliphatic hydroxyl groups is 1. The molecule has 7 nitrogen and oxygen atoms in total. The van der Waals surface area contributed by atoms with Crippen LogP contribution in [0.15, 0.2) is 12.1 Å². The van der Waals surface area contributed by atoms with E-state index in [1.54, 1.807) is 0 Å². The van der Waals surface area contributed by atoms with E-state index in [1.165, 1.54) is 0 Å². The Kier molecular flexibility index (Phi) is 3.49. The summed E-state index contributed by atoms with van der Waals surface area (Å²) in [5.74, 6) is -3.15. The fourth-order valence-corrected chi connectivity index (χ4v) is 1.24. The van der Waals surface area contributed by atoms with Crippen LogP contribution in [0.4, 0.5) is 10.1 Å². The van der Waals surface area contributed by atoms with Crippen molar-refractivity contribution in [2.45, 2.75) is 6.10 Å². The molecule has 0 aliphatic carbocycles. The number of nitro groups is 1. The molecular weight excluding hydrogens is 237 g/mol. The summed E-state index contributed by atoms with van der Waals surface area (Å²) in [6.45, 7) is 0. The van der Waals surface area contributed by atoms with Crippen molar-refractivity contribution in [2.24, 2.45) is 0 Å². The zero-order valence-electron chi connectivity index (χ0n) is 8.16. The Morgan fingerprint density at radius 1 is 1.53 bits per heavy atom. The zero-order valence-corrected chi connectivity index (χ0v) is 8.16. The summed E-state index contributed by atoms with van der Waals surface area (Å²) in [4.78, 5) is 30.4. The van der Waals surface area contributed by atoms with Crippen molar-refractivity contribution in [3.63, 3.8) is 0 Å². The lowest BCUT2D eigenvalue weighted by atomic mass is 10.0. The van der Waals surface area contributed by atoms with Crippen LogP contribution in [0.3, 0.4) is 0 Å². The normalized spacial score (nSPS) is 11.9. The van der Waals surface area contributed by atoms with Gasteiger partial charge in [-0.3, -0.25) is 14.9 Å². The van der Waals surface area contributed by atoms with Crippen LogP contribution >= 0.6 is 0 Å². The van der Waals surface area contributed by atoms with E-state index in [0.717, 1.165) is 0 Å². The molecule has 0 radical (unpaired) electrons. The first-order chi connectivity index (χ1) is 7.88. The van der Waals surface area contributed by atoms with E-state index < -0.39 is 34.1 Å². The predicted octanol–water partition coefficient (Wildman–Crippen LogP) is 0.664. The Labute approximate surface area is 93.3 Å². The number of hydrogen-bond acceptors (Lipinski definition) is 5. The van der Waals surface area contributed by atoms with Gasteiger partial charge in [-0.15, -0.1) is 0 Å². The summed E-state index contributed by atoms with van der Waals surface area (Å²) in [5, 5.41) is 28.2. The molecule has 0 fully saturated rings. The molecule has 1 aromatic rings. The van der Waals surface area contributed by atoms with Gasteiger partial charge < -0.3 is 10.2 Å². The Balaban J connectivity index is 3.52. The first-order valence-electron chi connectivity index (χ1n) is 4.22. The summed E-state index contributed by atoms with van der Waals surface area (Å²) < 4.78 is 13.4. The summed E-state index contributed by atoms with van der Waals surface area (Å²) in [7, 11) is 0. The molecule has 1 aromatic carbocycles.